The number of rotatable bonds is 3. The van der Waals surface area contributed by atoms with Gasteiger partial charge in [-0.3, -0.25) is 4.31 Å². The number of hydrogen-bond acceptors (Lipinski definition) is 3. The van der Waals surface area contributed by atoms with Gasteiger partial charge in [0.1, 0.15) is 6.07 Å². The Morgan fingerprint density at radius 2 is 1.59 bits per heavy atom. The van der Waals surface area contributed by atoms with Crippen molar-refractivity contribution in [3.63, 3.8) is 0 Å². The number of halogens is 2. The summed E-state index contributed by atoms with van der Waals surface area (Å²) >= 11 is 11.9. The summed E-state index contributed by atoms with van der Waals surface area (Å²) in [6.45, 7) is 1.88. The van der Waals surface area contributed by atoms with Crippen molar-refractivity contribution in [1.82, 2.24) is 0 Å². The average Bonchev–Trinajstić information content (AvgIpc) is 2.46. The first-order chi connectivity index (χ1) is 10.3. The smallest absolute Gasteiger partial charge is 0.264 e. The minimum Gasteiger partial charge on any atom is -0.269 e. The highest BCUT2D eigenvalue weighted by molar-refractivity contribution is 7.92. The predicted octanol–water partition coefficient (Wildman–Crippen LogP) is 4.00. The van der Waals surface area contributed by atoms with Crippen LogP contribution in [-0.2, 0) is 10.0 Å². The lowest BCUT2D eigenvalue weighted by atomic mass is 10.2. The highest BCUT2D eigenvalue weighted by Crippen LogP contribution is 2.32. The summed E-state index contributed by atoms with van der Waals surface area (Å²) in [6.07, 6.45) is 0. The summed E-state index contributed by atoms with van der Waals surface area (Å²) < 4.78 is 26.3. The number of sulfonamides is 1. The molecule has 0 heterocycles. The molecule has 0 aliphatic heterocycles. The molecule has 0 unspecified atom stereocenters. The zero-order valence-corrected chi connectivity index (χ0v) is 14.2. The Hall–Kier alpha value is -1.74. The number of nitriles is 1. The van der Waals surface area contributed by atoms with E-state index in [4.69, 9.17) is 28.5 Å². The van der Waals surface area contributed by atoms with Gasteiger partial charge in [0.05, 0.1) is 26.2 Å². The normalized spacial score (nSPS) is 11.0. The SMILES string of the molecule is Cc1ccc(S(=O)(=O)N(C)c2cc(Cl)c(C#N)c(Cl)c2)cc1. The van der Waals surface area contributed by atoms with Crippen LogP contribution in [0.5, 0.6) is 0 Å². The van der Waals surface area contributed by atoms with Crippen molar-refractivity contribution in [1.29, 1.82) is 5.26 Å². The molecular weight excluding hydrogens is 343 g/mol. The Morgan fingerprint density at radius 1 is 1.09 bits per heavy atom. The molecule has 0 fully saturated rings. The van der Waals surface area contributed by atoms with Crippen LogP contribution >= 0.6 is 23.2 Å². The summed E-state index contributed by atoms with van der Waals surface area (Å²) in [6, 6.07) is 11.2. The zero-order valence-electron chi connectivity index (χ0n) is 11.8. The molecular formula is C15H12Cl2N2O2S. The predicted molar refractivity (Wildman–Crippen MR) is 87.9 cm³/mol. The molecule has 0 aliphatic rings. The molecule has 0 aliphatic carbocycles. The minimum atomic E-state index is -3.73. The van der Waals surface area contributed by atoms with Crippen molar-refractivity contribution in [2.45, 2.75) is 11.8 Å². The third-order valence-electron chi connectivity index (χ3n) is 3.18. The van der Waals surface area contributed by atoms with Crippen LogP contribution in [0.3, 0.4) is 0 Å². The molecule has 4 nitrogen and oxygen atoms in total. The van der Waals surface area contributed by atoms with Crippen molar-refractivity contribution in [3.8, 4) is 6.07 Å². The molecule has 0 atom stereocenters. The zero-order chi connectivity index (χ0) is 16.5. The van der Waals surface area contributed by atoms with Gasteiger partial charge >= 0.3 is 0 Å². The van der Waals surface area contributed by atoms with Crippen molar-refractivity contribution in [2.24, 2.45) is 0 Å². The fraction of sp³-hybridized carbons (Fsp3) is 0.133. The number of benzene rings is 2. The van der Waals surface area contributed by atoms with E-state index in [0.717, 1.165) is 9.87 Å². The molecule has 0 radical (unpaired) electrons. The molecule has 0 N–H and O–H groups in total. The molecule has 0 amide bonds. The fourth-order valence-electron chi connectivity index (χ4n) is 1.86. The lowest BCUT2D eigenvalue weighted by Crippen LogP contribution is -2.26. The van der Waals surface area contributed by atoms with E-state index in [0.29, 0.717) is 0 Å². The van der Waals surface area contributed by atoms with Gasteiger partial charge < -0.3 is 0 Å². The summed E-state index contributed by atoms with van der Waals surface area (Å²) in [5.41, 5.74) is 1.37. The second kappa shape index (κ2) is 6.17. The van der Waals surface area contributed by atoms with Crippen molar-refractivity contribution in [3.05, 3.63) is 57.6 Å². The first-order valence-corrected chi connectivity index (χ1v) is 8.41. The van der Waals surface area contributed by atoms with Crippen LogP contribution in [0.2, 0.25) is 10.0 Å². The van der Waals surface area contributed by atoms with Crippen LogP contribution in [0, 0.1) is 18.3 Å². The van der Waals surface area contributed by atoms with E-state index < -0.39 is 10.0 Å². The second-order valence-electron chi connectivity index (χ2n) is 4.68. The topological polar surface area (TPSA) is 61.2 Å². The summed E-state index contributed by atoms with van der Waals surface area (Å²) in [7, 11) is -2.32. The number of anilines is 1. The Morgan fingerprint density at radius 3 is 2.05 bits per heavy atom. The van der Waals surface area contributed by atoms with Crippen LogP contribution in [0.15, 0.2) is 41.3 Å². The van der Waals surface area contributed by atoms with Gasteiger partial charge in [0.2, 0.25) is 0 Å². The minimum absolute atomic E-state index is 0.107. The second-order valence-corrected chi connectivity index (χ2v) is 7.47. The average molecular weight is 355 g/mol. The number of nitrogens with zero attached hydrogens (tertiary/aromatic N) is 2. The molecule has 22 heavy (non-hydrogen) atoms. The summed E-state index contributed by atoms with van der Waals surface area (Å²) in [5, 5.41) is 9.16. The molecule has 0 saturated heterocycles. The van der Waals surface area contributed by atoms with E-state index in [1.165, 1.54) is 31.3 Å². The summed E-state index contributed by atoms with van der Waals surface area (Å²) in [5.74, 6) is 0. The fourth-order valence-corrected chi connectivity index (χ4v) is 3.59. The number of aryl methyl sites for hydroxylation is 1. The van der Waals surface area contributed by atoms with Gasteiger partial charge in [-0.25, -0.2) is 8.42 Å². The Balaban J connectivity index is 2.49. The molecule has 7 heteroatoms. The van der Waals surface area contributed by atoms with Crippen molar-refractivity contribution in [2.75, 3.05) is 11.4 Å². The molecule has 0 spiro atoms. The van der Waals surface area contributed by atoms with Gasteiger partial charge in [-0.2, -0.15) is 5.26 Å². The van der Waals surface area contributed by atoms with Crippen LogP contribution < -0.4 is 4.31 Å². The first-order valence-electron chi connectivity index (χ1n) is 6.22. The Bertz CT molecular complexity index is 833. The van der Waals surface area contributed by atoms with E-state index in [1.54, 1.807) is 12.1 Å². The van der Waals surface area contributed by atoms with E-state index >= 15 is 0 Å². The van der Waals surface area contributed by atoms with Crippen LogP contribution in [0.25, 0.3) is 0 Å². The van der Waals surface area contributed by atoms with Gasteiger partial charge in [0.25, 0.3) is 10.0 Å². The maximum atomic E-state index is 12.6. The quantitative estimate of drug-likeness (QED) is 0.836. The van der Waals surface area contributed by atoms with Gasteiger partial charge in [0, 0.05) is 7.05 Å². The highest BCUT2D eigenvalue weighted by atomic mass is 35.5. The third kappa shape index (κ3) is 3.05. The standard InChI is InChI=1S/C15H12Cl2N2O2S/c1-10-3-5-12(6-4-10)22(20,21)19(2)11-7-14(16)13(9-18)15(17)8-11/h3-8H,1-2H3. The van der Waals surface area contributed by atoms with Crippen molar-refractivity contribution < 1.29 is 8.42 Å². The third-order valence-corrected chi connectivity index (χ3v) is 5.58. The monoisotopic (exact) mass is 354 g/mol. The lowest BCUT2D eigenvalue weighted by molar-refractivity contribution is 0.594. The van der Waals surface area contributed by atoms with Gasteiger partial charge in [-0.15, -0.1) is 0 Å². The van der Waals surface area contributed by atoms with E-state index in [1.807, 2.05) is 13.0 Å². The summed E-state index contributed by atoms with van der Waals surface area (Å²) in [4.78, 5) is 0.164. The Kier molecular flexibility index (Phi) is 4.66. The first kappa shape index (κ1) is 16.6. The molecule has 2 rings (SSSR count). The molecule has 0 aromatic heterocycles. The maximum Gasteiger partial charge on any atom is 0.264 e. The highest BCUT2D eigenvalue weighted by Gasteiger charge is 2.22. The van der Waals surface area contributed by atoms with E-state index in [2.05, 4.69) is 0 Å². The number of hydrogen-bond donors (Lipinski definition) is 0. The Labute approximate surface area is 139 Å². The van der Waals surface area contributed by atoms with Crippen LogP contribution in [-0.4, -0.2) is 15.5 Å². The molecule has 0 saturated carbocycles. The van der Waals surface area contributed by atoms with Gasteiger partial charge in [-0.1, -0.05) is 40.9 Å². The van der Waals surface area contributed by atoms with E-state index in [-0.39, 0.29) is 26.2 Å². The maximum absolute atomic E-state index is 12.6. The van der Waals surface area contributed by atoms with Crippen molar-refractivity contribution >= 4 is 38.9 Å². The lowest BCUT2D eigenvalue weighted by Gasteiger charge is -2.20. The van der Waals surface area contributed by atoms with E-state index in [9.17, 15) is 8.42 Å². The molecule has 2 aromatic carbocycles. The molecule has 0 bridgehead atoms. The van der Waals surface area contributed by atoms with Gasteiger partial charge in [-0.05, 0) is 31.2 Å². The largest absolute Gasteiger partial charge is 0.269 e. The van der Waals surface area contributed by atoms with Crippen LogP contribution in [0.4, 0.5) is 5.69 Å². The van der Waals surface area contributed by atoms with Crippen LogP contribution in [0.1, 0.15) is 11.1 Å². The molecule has 2 aromatic rings. The van der Waals surface area contributed by atoms with Gasteiger partial charge in [0.15, 0.2) is 0 Å². The molecule has 114 valence electrons.